The van der Waals surface area contributed by atoms with E-state index < -0.39 is 0 Å². The number of likely N-dealkylation sites (N-methyl/N-ethyl adjacent to an activating group) is 1. The summed E-state index contributed by atoms with van der Waals surface area (Å²) >= 11 is 0. The van der Waals surface area contributed by atoms with Crippen molar-refractivity contribution >= 4 is 11.9 Å². The molecule has 0 atom stereocenters. The molecule has 0 unspecified atom stereocenters. The SMILES string of the molecule is CCN(CCOC)c1nc(N)nc(-n2ccnc2)n1. The standard InChI is InChI=1S/C11H17N7O/c1-3-17(6-7-19-2)10-14-9(12)15-11(16-10)18-5-4-13-8-18/h4-5,8H,3,6-7H2,1-2H3,(H2,12,14,15,16). The monoisotopic (exact) mass is 263 g/mol. The Kier molecular flexibility index (Phi) is 4.24. The molecule has 2 rings (SSSR count). The van der Waals surface area contributed by atoms with Crippen LogP contribution >= 0.6 is 0 Å². The number of nitrogens with zero attached hydrogens (tertiary/aromatic N) is 6. The number of aromatic nitrogens is 5. The van der Waals surface area contributed by atoms with E-state index in [-0.39, 0.29) is 5.95 Å². The molecule has 102 valence electrons. The lowest BCUT2D eigenvalue weighted by Crippen LogP contribution is -2.29. The van der Waals surface area contributed by atoms with Gasteiger partial charge in [0.1, 0.15) is 6.33 Å². The average Bonchev–Trinajstić information content (AvgIpc) is 2.93. The van der Waals surface area contributed by atoms with Crippen molar-refractivity contribution in [2.75, 3.05) is 37.4 Å². The van der Waals surface area contributed by atoms with Gasteiger partial charge in [0.15, 0.2) is 0 Å². The van der Waals surface area contributed by atoms with Gasteiger partial charge in [0.05, 0.1) is 6.61 Å². The Morgan fingerprint density at radius 3 is 2.84 bits per heavy atom. The van der Waals surface area contributed by atoms with E-state index >= 15 is 0 Å². The molecule has 2 aromatic heterocycles. The van der Waals surface area contributed by atoms with Crippen LogP contribution in [0.2, 0.25) is 0 Å². The molecule has 0 radical (unpaired) electrons. The predicted molar refractivity (Wildman–Crippen MR) is 71.1 cm³/mol. The van der Waals surface area contributed by atoms with Crippen molar-refractivity contribution in [3.8, 4) is 5.95 Å². The summed E-state index contributed by atoms with van der Waals surface area (Å²) in [4.78, 5) is 18.6. The lowest BCUT2D eigenvalue weighted by Gasteiger charge is -2.20. The number of anilines is 2. The largest absolute Gasteiger partial charge is 0.383 e. The van der Waals surface area contributed by atoms with E-state index in [4.69, 9.17) is 10.5 Å². The molecule has 19 heavy (non-hydrogen) atoms. The minimum Gasteiger partial charge on any atom is -0.383 e. The Morgan fingerprint density at radius 1 is 1.37 bits per heavy atom. The van der Waals surface area contributed by atoms with E-state index in [0.717, 1.165) is 6.54 Å². The maximum Gasteiger partial charge on any atom is 0.241 e. The van der Waals surface area contributed by atoms with E-state index in [1.165, 1.54) is 0 Å². The highest BCUT2D eigenvalue weighted by Gasteiger charge is 2.11. The van der Waals surface area contributed by atoms with Gasteiger partial charge in [0.2, 0.25) is 17.8 Å². The molecule has 0 bridgehead atoms. The van der Waals surface area contributed by atoms with Gasteiger partial charge in [-0.1, -0.05) is 0 Å². The van der Waals surface area contributed by atoms with Crippen LogP contribution in [0.25, 0.3) is 5.95 Å². The second kappa shape index (κ2) is 6.10. The molecule has 0 fully saturated rings. The van der Waals surface area contributed by atoms with Gasteiger partial charge in [-0.05, 0) is 6.92 Å². The van der Waals surface area contributed by atoms with Gasteiger partial charge in [-0.15, -0.1) is 0 Å². The lowest BCUT2D eigenvalue weighted by atomic mass is 10.5. The topological polar surface area (TPSA) is 95.0 Å². The fourth-order valence-corrected chi connectivity index (χ4v) is 1.60. The van der Waals surface area contributed by atoms with Crippen LogP contribution in [0.3, 0.4) is 0 Å². The van der Waals surface area contributed by atoms with Crippen LogP contribution in [0.4, 0.5) is 11.9 Å². The van der Waals surface area contributed by atoms with Gasteiger partial charge in [-0.3, -0.25) is 4.57 Å². The van der Waals surface area contributed by atoms with Gasteiger partial charge in [-0.2, -0.15) is 15.0 Å². The summed E-state index contributed by atoms with van der Waals surface area (Å²) in [6, 6.07) is 0. The summed E-state index contributed by atoms with van der Waals surface area (Å²) < 4.78 is 6.76. The summed E-state index contributed by atoms with van der Waals surface area (Å²) in [5.74, 6) is 1.18. The zero-order chi connectivity index (χ0) is 13.7. The maximum absolute atomic E-state index is 5.73. The number of methoxy groups -OCH3 is 1. The summed E-state index contributed by atoms with van der Waals surface area (Å²) in [6.07, 6.45) is 5.02. The summed E-state index contributed by atoms with van der Waals surface area (Å²) in [5.41, 5.74) is 5.73. The molecule has 0 saturated heterocycles. The number of hydrogen-bond acceptors (Lipinski definition) is 7. The Balaban J connectivity index is 2.30. The van der Waals surface area contributed by atoms with Crippen LogP contribution in [0.5, 0.6) is 0 Å². The molecule has 8 nitrogen and oxygen atoms in total. The Bertz CT molecular complexity index is 514. The highest BCUT2D eigenvalue weighted by Crippen LogP contribution is 2.11. The third-order valence-corrected chi connectivity index (χ3v) is 2.59. The van der Waals surface area contributed by atoms with Crippen LogP contribution in [0.1, 0.15) is 6.92 Å². The van der Waals surface area contributed by atoms with E-state index in [1.54, 1.807) is 30.4 Å². The molecule has 8 heteroatoms. The van der Waals surface area contributed by atoms with Crippen LogP contribution < -0.4 is 10.6 Å². The predicted octanol–water partition coefficient (Wildman–Crippen LogP) is 0.112. The summed E-state index contributed by atoms with van der Waals surface area (Å²) in [7, 11) is 1.66. The first-order valence-corrected chi connectivity index (χ1v) is 5.98. The molecule has 0 aromatic carbocycles. The van der Waals surface area contributed by atoms with Crippen LogP contribution in [0, 0.1) is 0 Å². The van der Waals surface area contributed by atoms with Crippen molar-refractivity contribution < 1.29 is 4.74 Å². The van der Waals surface area contributed by atoms with Crippen LogP contribution in [-0.4, -0.2) is 51.3 Å². The van der Waals surface area contributed by atoms with Crippen molar-refractivity contribution in [3.05, 3.63) is 18.7 Å². The van der Waals surface area contributed by atoms with Gasteiger partial charge in [-0.25, -0.2) is 4.98 Å². The molecular formula is C11H17N7O. The smallest absolute Gasteiger partial charge is 0.241 e. The normalized spacial score (nSPS) is 10.6. The van der Waals surface area contributed by atoms with Crippen molar-refractivity contribution in [2.24, 2.45) is 0 Å². The lowest BCUT2D eigenvalue weighted by molar-refractivity contribution is 0.205. The van der Waals surface area contributed by atoms with Gasteiger partial charge >= 0.3 is 0 Å². The molecule has 2 heterocycles. The highest BCUT2D eigenvalue weighted by atomic mass is 16.5. The number of imidazole rings is 1. The number of rotatable bonds is 6. The minimum absolute atomic E-state index is 0.185. The zero-order valence-electron chi connectivity index (χ0n) is 11.0. The third-order valence-electron chi connectivity index (χ3n) is 2.59. The molecule has 0 saturated carbocycles. The fraction of sp³-hybridized carbons (Fsp3) is 0.455. The maximum atomic E-state index is 5.73. The first-order valence-electron chi connectivity index (χ1n) is 5.98. The van der Waals surface area contributed by atoms with E-state index in [1.807, 2.05) is 11.8 Å². The van der Waals surface area contributed by atoms with Crippen molar-refractivity contribution in [2.45, 2.75) is 6.92 Å². The van der Waals surface area contributed by atoms with Gasteiger partial charge < -0.3 is 15.4 Å². The second-order valence-corrected chi connectivity index (χ2v) is 3.84. The first kappa shape index (κ1) is 13.2. The average molecular weight is 263 g/mol. The molecular weight excluding hydrogens is 246 g/mol. The molecule has 0 amide bonds. The molecule has 0 spiro atoms. The van der Waals surface area contributed by atoms with Crippen LogP contribution in [-0.2, 0) is 4.74 Å². The van der Waals surface area contributed by atoms with Gasteiger partial charge in [0.25, 0.3) is 0 Å². The zero-order valence-corrected chi connectivity index (χ0v) is 11.0. The molecule has 2 N–H and O–H groups in total. The first-order chi connectivity index (χ1) is 9.24. The van der Waals surface area contributed by atoms with Crippen molar-refractivity contribution in [1.29, 1.82) is 0 Å². The number of nitrogens with two attached hydrogens (primary N) is 1. The minimum atomic E-state index is 0.185. The molecule has 0 aliphatic carbocycles. The van der Waals surface area contributed by atoms with Crippen molar-refractivity contribution in [1.82, 2.24) is 24.5 Å². The number of hydrogen-bond donors (Lipinski definition) is 1. The second-order valence-electron chi connectivity index (χ2n) is 3.84. The molecule has 0 aliphatic rings. The van der Waals surface area contributed by atoms with Crippen LogP contribution in [0.15, 0.2) is 18.7 Å². The number of ether oxygens (including phenoxy) is 1. The van der Waals surface area contributed by atoms with Gasteiger partial charge in [0, 0.05) is 32.6 Å². The summed E-state index contributed by atoms with van der Waals surface area (Å²) in [6.45, 7) is 4.07. The highest BCUT2D eigenvalue weighted by molar-refractivity contribution is 5.37. The molecule has 2 aromatic rings. The van der Waals surface area contributed by atoms with E-state index in [9.17, 15) is 0 Å². The molecule has 0 aliphatic heterocycles. The van der Waals surface area contributed by atoms with Crippen molar-refractivity contribution in [3.63, 3.8) is 0 Å². The Labute approximate surface area is 111 Å². The Hall–Kier alpha value is -2.22. The van der Waals surface area contributed by atoms with E-state index in [2.05, 4.69) is 19.9 Å². The summed E-state index contributed by atoms with van der Waals surface area (Å²) in [5, 5.41) is 0. The van der Waals surface area contributed by atoms with E-state index in [0.29, 0.717) is 25.0 Å². The fourth-order valence-electron chi connectivity index (χ4n) is 1.60. The third kappa shape index (κ3) is 3.16. The quantitative estimate of drug-likeness (QED) is 0.790. The number of nitrogen functional groups attached to an aromatic ring is 1. The Morgan fingerprint density at radius 2 is 2.21 bits per heavy atom.